The summed E-state index contributed by atoms with van der Waals surface area (Å²) in [5, 5.41) is 13.1. The fourth-order valence-corrected chi connectivity index (χ4v) is 1.36. The summed E-state index contributed by atoms with van der Waals surface area (Å²) in [5.74, 6) is 0.767. The highest BCUT2D eigenvalue weighted by molar-refractivity contribution is 7.80. The Balaban J connectivity index is 1.94. The van der Waals surface area contributed by atoms with Crippen LogP contribution in [0.5, 0.6) is 0 Å². The Bertz CT molecular complexity index is 424. The second kappa shape index (κ2) is 4.56. The van der Waals surface area contributed by atoms with E-state index in [1.54, 1.807) is 12.3 Å². The molecule has 0 unspecified atom stereocenters. The third-order valence-electron chi connectivity index (χ3n) is 1.78. The van der Waals surface area contributed by atoms with Crippen LogP contribution in [0.4, 0.5) is 11.5 Å². The summed E-state index contributed by atoms with van der Waals surface area (Å²) in [6.07, 6.45) is 1.66. The van der Waals surface area contributed by atoms with Gasteiger partial charge in [-0.3, -0.25) is 5.10 Å². The van der Waals surface area contributed by atoms with Crippen LogP contribution >= 0.6 is 12.2 Å². The monoisotopic (exact) mass is 218 g/mol. The molecule has 2 rings (SSSR count). The Morgan fingerprint density at radius 3 is 2.60 bits per heavy atom. The van der Waals surface area contributed by atoms with Gasteiger partial charge in [0.2, 0.25) is 0 Å². The molecule has 0 amide bonds. The van der Waals surface area contributed by atoms with Crippen LogP contribution in [-0.2, 0) is 0 Å². The zero-order valence-corrected chi connectivity index (χ0v) is 8.71. The highest BCUT2D eigenvalue weighted by atomic mass is 32.1. The van der Waals surface area contributed by atoms with Gasteiger partial charge in [0.25, 0.3) is 0 Å². The summed E-state index contributed by atoms with van der Waals surface area (Å²) in [6.45, 7) is 0. The molecule has 1 aromatic heterocycles. The summed E-state index contributed by atoms with van der Waals surface area (Å²) >= 11 is 5.11. The SMILES string of the molecule is S=C(Nc1ccccc1)Nc1ccn[nH]1. The highest BCUT2D eigenvalue weighted by Gasteiger charge is 1.98. The lowest BCUT2D eigenvalue weighted by molar-refractivity contribution is 1.10. The molecule has 0 aliphatic rings. The molecule has 0 bridgehead atoms. The number of nitrogens with one attached hydrogen (secondary N) is 3. The number of anilines is 2. The van der Waals surface area contributed by atoms with Crippen LogP contribution in [0, 0.1) is 0 Å². The van der Waals surface area contributed by atoms with Crippen molar-refractivity contribution in [2.45, 2.75) is 0 Å². The van der Waals surface area contributed by atoms with E-state index in [0.717, 1.165) is 11.5 Å². The first-order valence-corrected chi connectivity index (χ1v) is 4.88. The van der Waals surface area contributed by atoms with Gasteiger partial charge in [0.05, 0.1) is 6.20 Å². The van der Waals surface area contributed by atoms with Crippen molar-refractivity contribution in [3.63, 3.8) is 0 Å². The molecule has 0 saturated heterocycles. The van der Waals surface area contributed by atoms with Gasteiger partial charge in [-0.15, -0.1) is 0 Å². The largest absolute Gasteiger partial charge is 0.332 e. The minimum Gasteiger partial charge on any atom is -0.332 e. The van der Waals surface area contributed by atoms with Gasteiger partial charge in [-0.2, -0.15) is 5.10 Å². The lowest BCUT2D eigenvalue weighted by atomic mass is 10.3. The number of rotatable bonds is 2. The minimum atomic E-state index is 0.533. The first-order chi connectivity index (χ1) is 7.34. The van der Waals surface area contributed by atoms with Gasteiger partial charge in [-0.05, 0) is 24.4 Å². The van der Waals surface area contributed by atoms with Crippen LogP contribution in [0.25, 0.3) is 0 Å². The van der Waals surface area contributed by atoms with Crippen molar-refractivity contribution in [1.29, 1.82) is 0 Å². The third kappa shape index (κ3) is 2.78. The number of thiocarbonyl (C=S) groups is 1. The molecular formula is C10H10N4S. The summed E-state index contributed by atoms with van der Waals surface area (Å²) in [6, 6.07) is 11.5. The molecule has 0 fully saturated rings. The molecule has 0 aliphatic heterocycles. The van der Waals surface area contributed by atoms with E-state index in [4.69, 9.17) is 12.2 Å². The maximum atomic E-state index is 5.11. The van der Waals surface area contributed by atoms with Crippen LogP contribution < -0.4 is 10.6 Å². The first kappa shape index (κ1) is 9.67. The fourth-order valence-electron chi connectivity index (χ4n) is 1.13. The highest BCUT2D eigenvalue weighted by Crippen LogP contribution is 2.06. The molecule has 1 aromatic carbocycles. The molecule has 0 atom stereocenters. The standard InChI is InChI=1S/C10H10N4S/c15-10(13-9-6-7-11-14-9)12-8-4-2-1-3-5-8/h1-7H,(H3,11,12,13,14,15). The van der Waals surface area contributed by atoms with Crippen LogP contribution in [0.2, 0.25) is 0 Å². The lowest BCUT2D eigenvalue weighted by Crippen LogP contribution is -2.19. The Morgan fingerprint density at radius 2 is 1.93 bits per heavy atom. The van der Waals surface area contributed by atoms with E-state index in [1.807, 2.05) is 30.3 Å². The molecule has 4 nitrogen and oxygen atoms in total. The molecule has 15 heavy (non-hydrogen) atoms. The van der Waals surface area contributed by atoms with Gasteiger partial charge in [0.15, 0.2) is 5.11 Å². The molecule has 0 saturated carbocycles. The van der Waals surface area contributed by atoms with E-state index in [9.17, 15) is 0 Å². The Labute approximate surface area is 92.7 Å². The van der Waals surface area contributed by atoms with Crippen molar-refractivity contribution in [2.75, 3.05) is 10.6 Å². The number of nitrogens with zero attached hydrogens (tertiary/aromatic N) is 1. The van der Waals surface area contributed by atoms with Crippen molar-refractivity contribution in [3.05, 3.63) is 42.6 Å². The van der Waals surface area contributed by atoms with Gasteiger partial charge in [-0.25, -0.2) is 0 Å². The summed E-state index contributed by atoms with van der Waals surface area (Å²) in [7, 11) is 0. The number of H-pyrrole nitrogens is 1. The number of para-hydroxylation sites is 1. The van der Waals surface area contributed by atoms with Crippen LogP contribution in [0.3, 0.4) is 0 Å². The van der Waals surface area contributed by atoms with E-state index in [-0.39, 0.29) is 0 Å². The predicted octanol–water partition coefficient (Wildman–Crippen LogP) is 2.22. The quantitative estimate of drug-likeness (QED) is 0.676. The predicted molar refractivity (Wildman–Crippen MR) is 64.9 cm³/mol. The van der Waals surface area contributed by atoms with Crippen LogP contribution in [-0.4, -0.2) is 15.3 Å². The Morgan fingerprint density at radius 1 is 1.13 bits per heavy atom. The van der Waals surface area contributed by atoms with Crippen LogP contribution in [0.1, 0.15) is 0 Å². The number of benzene rings is 1. The molecule has 0 radical (unpaired) electrons. The number of hydrogen-bond acceptors (Lipinski definition) is 2. The van der Waals surface area contributed by atoms with Gasteiger partial charge >= 0.3 is 0 Å². The Hall–Kier alpha value is -1.88. The first-order valence-electron chi connectivity index (χ1n) is 4.47. The summed E-state index contributed by atoms with van der Waals surface area (Å²) < 4.78 is 0. The fraction of sp³-hybridized carbons (Fsp3) is 0. The second-order valence-electron chi connectivity index (χ2n) is 2.92. The number of aromatic nitrogens is 2. The smallest absolute Gasteiger partial charge is 0.176 e. The molecule has 3 N–H and O–H groups in total. The lowest BCUT2D eigenvalue weighted by Gasteiger charge is -2.08. The molecular weight excluding hydrogens is 208 g/mol. The topological polar surface area (TPSA) is 52.7 Å². The third-order valence-corrected chi connectivity index (χ3v) is 1.98. The number of aromatic amines is 1. The van der Waals surface area contributed by atoms with E-state index in [1.165, 1.54) is 0 Å². The maximum absolute atomic E-state index is 5.11. The molecule has 5 heteroatoms. The van der Waals surface area contributed by atoms with Crippen molar-refractivity contribution < 1.29 is 0 Å². The van der Waals surface area contributed by atoms with E-state index >= 15 is 0 Å². The van der Waals surface area contributed by atoms with Gasteiger partial charge < -0.3 is 10.6 Å². The maximum Gasteiger partial charge on any atom is 0.176 e. The zero-order valence-electron chi connectivity index (χ0n) is 7.90. The molecule has 0 spiro atoms. The van der Waals surface area contributed by atoms with Crippen LogP contribution in [0.15, 0.2) is 42.6 Å². The van der Waals surface area contributed by atoms with Crippen molar-refractivity contribution in [3.8, 4) is 0 Å². The van der Waals surface area contributed by atoms with E-state index in [2.05, 4.69) is 20.8 Å². The molecule has 0 aliphatic carbocycles. The normalized spacial score (nSPS) is 9.60. The van der Waals surface area contributed by atoms with Gasteiger partial charge in [0, 0.05) is 11.8 Å². The van der Waals surface area contributed by atoms with E-state index in [0.29, 0.717) is 5.11 Å². The second-order valence-corrected chi connectivity index (χ2v) is 3.32. The Kier molecular flexibility index (Phi) is 2.94. The molecule has 2 aromatic rings. The molecule has 76 valence electrons. The van der Waals surface area contributed by atoms with Crippen molar-refractivity contribution in [2.24, 2.45) is 0 Å². The van der Waals surface area contributed by atoms with Crippen molar-refractivity contribution in [1.82, 2.24) is 10.2 Å². The summed E-state index contributed by atoms with van der Waals surface area (Å²) in [4.78, 5) is 0. The number of hydrogen-bond donors (Lipinski definition) is 3. The van der Waals surface area contributed by atoms with Gasteiger partial charge in [-0.1, -0.05) is 18.2 Å². The summed E-state index contributed by atoms with van der Waals surface area (Å²) in [5.41, 5.74) is 0.953. The average molecular weight is 218 g/mol. The zero-order chi connectivity index (χ0) is 10.5. The van der Waals surface area contributed by atoms with Crippen molar-refractivity contribution >= 4 is 28.8 Å². The van der Waals surface area contributed by atoms with E-state index < -0.39 is 0 Å². The molecule has 1 heterocycles. The van der Waals surface area contributed by atoms with Gasteiger partial charge in [0.1, 0.15) is 5.82 Å². The average Bonchev–Trinajstić information content (AvgIpc) is 2.71. The minimum absolute atomic E-state index is 0.533.